The molecule has 1 rings (SSSR count). The van der Waals surface area contributed by atoms with E-state index in [1.54, 1.807) is 0 Å². The number of nitrogens with zero attached hydrogens (tertiary/aromatic N) is 3. The molecule has 96 valence electrons. The molecule has 18 heavy (non-hydrogen) atoms. The molecule has 0 atom stereocenters. The molecule has 0 saturated heterocycles. The predicted octanol–water partition coefficient (Wildman–Crippen LogP) is 2.71. The van der Waals surface area contributed by atoms with Gasteiger partial charge >= 0.3 is 5.69 Å². The van der Waals surface area contributed by atoms with Gasteiger partial charge in [0.1, 0.15) is 6.07 Å². The number of aromatic nitrogens is 1. The number of pyridine rings is 1. The Morgan fingerprint density at radius 1 is 1.56 bits per heavy atom. The molecule has 0 amide bonds. The van der Waals surface area contributed by atoms with Crippen molar-refractivity contribution in [3.8, 4) is 6.07 Å². The minimum atomic E-state index is -0.534. The van der Waals surface area contributed by atoms with Gasteiger partial charge in [0.2, 0.25) is 5.82 Å². The average molecular weight is 248 g/mol. The molecule has 1 aromatic rings. The summed E-state index contributed by atoms with van der Waals surface area (Å²) in [7, 11) is 0. The Kier molecular flexibility index (Phi) is 4.21. The van der Waals surface area contributed by atoms with E-state index in [-0.39, 0.29) is 22.5 Å². The van der Waals surface area contributed by atoms with Crippen molar-refractivity contribution < 1.29 is 4.92 Å². The van der Waals surface area contributed by atoms with Crippen LogP contribution in [0.3, 0.4) is 0 Å². The van der Waals surface area contributed by atoms with E-state index in [9.17, 15) is 10.1 Å². The maximum Gasteiger partial charge on any atom is 0.312 e. The number of hydrogen-bond acceptors (Lipinski definition) is 5. The van der Waals surface area contributed by atoms with Gasteiger partial charge in [0.15, 0.2) is 0 Å². The molecule has 0 aliphatic rings. The van der Waals surface area contributed by atoms with Crippen molar-refractivity contribution in [3.05, 3.63) is 27.9 Å². The van der Waals surface area contributed by atoms with Crippen LogP contribution in [0.15, 0.2) is 12.3 Å². The summed E-state index contributed by atoms with van der Waals surface area (Å²) in [5.41, 5.74) is 0.167. The number of hydrogen-bond donors (Lipinski definition) is 1. The van der Waals surface area contributed by atoms with E-state index < -0.39 is 4.92 Å². The predicted molar refractivity (Wildman–Crippen MR) is 68.2 cm³/mol. The number of nitrogens with one attached hydrogen (secondary N) is 1. The molecule has 0 saturated carbocycles. The van der Waals surface area contributed by atoms with E-state index >= 15 is 0 Å². The highest BCUT2D eigenvalue weighted by Gasteiger charge is 2.17. The Bertz CT molecular complexity index is 486. The molecule has 0 bridgehead atoms. The van der Waals surface area contributed by atoms with Crippen LogP contribution < -0.4 is 5.32 Å². The van der Waals surface area contributed by atoms with Crippen LogP contribution >= 0.6 is 0 Å². The fourth-order valence-electron chi connectivity index (χ4n) is 1.35. The smallest absolute Gasteiger partial charge is 0.312 e. The fourth-order valence-corrected chi connectivity index (χ4v) is 1.35. The molecule has 0 aromatic carbocycles. The molecule has 0 fully saturated rings. The van der Waals surface area contributed by atoms with Crippen LogP contribution in [0.2, 0.25) is 0 Å². The summed E-state index contributed by atoms with van der Waals surface area (Å²) >= 11 is 0. The van der Waals surface area contributed by atoms with Crippen molar-refractivity contribution in [2.45, 2.75) is 27.2 Å². The molecule has 1 N–H and O–H groups in total. The lowest BCUT2D eigenvalue weighted by Crippen LogP contribution is -2.14. The maximum absolute atomic E-state index is 10.9. The number of rotatable bonds is 4. The summed E-state index contributed by atoms with van der Waals surface area (Å²) in [6.07, 6.45) is 2.19. The Hall–Kier alpha value is -2.16. The van der Waals surface area contributed by atoms with Crippen molar-refractivity contribution >= 4 is 11.5 Å². The molecule has 0 radical (unpaired) electrons. The molecule has 6 nitrogen and oxygen atoms in total. The van der Waals surface area contributed by atoms with Crippen molar-refractivity contribution in [1.82, 2.24) is 4.98 Å². The Morgan fingerprint density at radius 2 is 2.22 bits per heavy atom. The summed E-state index contributed by atoms with van der Waals surface area (Å²) in [5.74, 6) is 0.211. The highest BCUT2D eigenvalue weighted by Crippen LogP contribution is 2.24. The lowest BCUT2D eigenvalue weighted by atomic mass is 9.92. The van der Waals surface area contributed by atoms with Gasteiger partial charge in [0.05, 0.1) is 10.5 Å². The van der Waals surface area contributed by atoms with Gasteiger partial charge in [-0.3, -0.25) is 10.1 Å². The summed E-state index contributed by atoms with van der Waals surface area (Å²) in [5, 5.41) is 22.5. The second-order valence-electron chi connectivity index (χ2n) is 5.20. The molecule has 0 aliphatic heterocycles. The van der Waals surface area contributed by atoms with Crippen LogP contribution in [-0.2, 0) is 0 Å². The zero-order chi connectivity index (χ0) is 13.8. The van der Waals surface area contributed by atoms with Crippen molar-refractivity contribution in [2.75, 3.05) is 11.9 Å². The number of anilines is 1. The molecule has 0 spiro atoms. The number of nitriles is 1. The summed E-state index contributed by atoms with van der Waals surface area (Å²) in [4.78, 5) is 14.2. The normalized spacial score (nSPS) is 10.8. The van der Waals surface area contributed by atoms with Gasteiger partial charge in [-0.05, 0) is 11.8 Å². The second-order valence-corrected chi connectivity index (χ2v) is 5.20. The van der Waals surface area contributed by atoms with Gasteiger partial charge in [-0.15, -0.1) is 0 Å². The van der Waals surface area contributed by atoms with E-state index in [1.165, 1.54) is 12.3 Å². The summed E-state index contributed by atoms with van der Waals surface area (Å²) < 4.78 is 0. The van der Waals surface area contributed by atoms with Crippen LogP contribution in [0.25, 0.3) is 0 Å². The summed E-state index contributed by atoms with van der Waals surface area (Å²) in [6.45, 7) is 6.88. The topological polar surface area (TPSA) is 91.8 Å². The van der Waals surface area contributed by atoms with Crippen LogP contribution in [0.1, 0.15) is 32.8 Å². The minimum Gasteiger partial charge on any atom is -0.364 e. The second kappa shape index (κ2) is 5.45. The first-order chi connectivity index (χ1) is 8.33. The largest absolute Gasteiger partial charge is 0.364 e. The van der Waals surface area contributed by atoms with E-state index in [4.69, 9.17) is 5.26 Å². The monoisotopic (exact) mass is 248 g/mol. The van der Waals surface area contributed by atoms with E-state index in [2.05, 4.69) is 31.1 Å². The van der Waals surface area contributed by atoms with Crippen molar-refractivity contribution in [2.24, 2.45) is 5.41 Å². The molecule has 0 unspecified atom stereocenters. The Labute approximate surface area is 106 Å². The van der Waals surface area contributed by atoms with Gasteiger partial charge in [0, 0.05) is 18.8 Å². The molecule has 0 aliphatic carbocycles. The lowest BCUT2D eigenvalue weighted by Gasteiger charge is -2.18. The third kappa shape index (κ3) is 4.01. The van der Waals surface area contributed by atoms with Crippen molar-refractivity contribution in [1.29, 1.82) is 5.26 Å². The van der Waals surface area contributed by atoms with Crippen LogP contribution in [0.5, 0.6) is 0 Å². The quantitative estimate of drug-likeness (QED) is 0.653. The van der Waals surface area contributed by atoms with Gasteiger partial charge in [0.25, 0.3) is 0 Å². The molecular weight excluding hydrogens is 232 g/mol. The Morgan fingerprint density at radius 3 is 2.72 bits per heavy atom. The third-order valence-corrected chi connectivity index (χ3v) is 2.36. The zero-order valence-electron chi connectivity index (χ0n) is 10.7. The fraction of sp³-hybridized carbons (Fsp3) is 0.500. The van der Waals surface area contributed by atoms with Gasteiger partial charge in [-0.2, -0.15) is 5.26 Å². The van der Waals surface area contributed by atoms with Gasteiger partial charge in [-0.1, -0.05) is 20.8 Å². The highest BCUT2D eigenvalue weighted by molar-refractivity contribution is 5.58. The first-order valence-electron chi connectivity index (χ1n) is 5.62. The third-order valence-electron chi connectivity index (χ3n) is 2.36. The zero-order valence-corrected chi connectivity index (χ0v) is 10.7. The van der Waals surface area contributed by atoms with E-state index in [1.807, 2.05) is 6.07 Å². The van der Waals surface area contributed by atoms with Gasteiger partial charge in [-0.25, -0.2) is 4.98 Å². The molecule has 1 aromatic heterocycles. The van der Waals surface area contributed by atoms with E-state index in [0.29, 0.717) is 6.54 Å². The molecule has 1 heterocycles. The van der Waals surface area contributed by atoms with Crippen LogP contribution in [-0.4, -0.2) is 16.5 Å². The lowest BCUT2D eigenvalue weighted by molar-refractivity contribution is -0.384. The van der Waals surface area contributed by atoms with Gasteiger partial charge < -0.3 is 5.32 Å². The molecule has 6 heteroatoms. The van der Waals surface area contributed by atoms with Crippen LogP contribution in [0, 0.1) is 26.9 Å². The van der Waals surface area contributed by atoms with Crippen molar-refractivity contribution in [3.63, 3.8) is 0 Å². The Balaban J connectivity index is 2.83. The molecular formula is C12H16N4O2. The van der Waals surface area contributed by atoms with Crippen LogP contribution in [0.4, 0.5) is 11.5 Å². The minimum absolute atomic E-state index is 0.147. The first-order valence-corrected chi connectivity index (χ1v) is 5.62. The highest BCUT2D eigenvalue weighted by atomic mass is 16.6. The van der Waals surface area contributed by atoms with E-state index in [0.717, 1.165) is 6.42 Å². The summed E-state index contributed by atoms with van der Waals surface area (Å²) in [6, 6.07) is 3.06. The standard InChI is InChI=1S/C12H16N4O2/c1-12(2,3)4-5-14-11-10(16(17)18)6-9(7-13)8-15-11/h6,8H,4-5H2,1-3H3,(H,14,15). The first kappa shape index (κ1) is 13.9. The number of nitro groups is 1. The maximum atomic E-state index is 10.9. The SMILES string of the molecule is CC(C)(C)CCNc1ncc(C#N)cc1[N+](=O)[O-]. The average Bonchev–Trinajstić information content (AvgIpc) is 2.27.